The largest absolute Gasteiger partial charge is 0.392 e. The van der Waals surface area contributed by atoms with Crippen LogP contribution in [0.3, 0.4) is 0 Å². The summed E-state index contributed by atoms with van der Waals surface area (Å²) in [7, 11) is 0. The van der Waals surface area contributed by atoms with Gasteiger partial charge in [-0.3, -0.25) is 0 Å². The molecule has 0 aliphatic heterocycles. The smallest absolute Gasteiger partial charge is 0.0813 e. The van der Waals surface area contributed by atoms with Crippen molar-refractivity contribution in [3.8, 4) is 0 Å². The molecule has 6 unspecified atom stereocenters. The third kappa shape index (κ3) is 13.4. The van der Waals surface area contributed by atoms with Crippen LogP contribution in [0.5, 0.6) is 0 Å². The lowest BCUT2D eigenvalue weighted by Gasteiger charge is -2.44. The van der Waals surface area contributed by atoms with E-state index in [1.54, 1.807) is 0 Å². The minimum Gasteiger partial charge on any atom is -0.392 e. The second kappa shape index (κ2) is 22.6. The van der Waals surface area contributed by atoms with Gasteiger partial charge in [-0.1, -0.05) is 111 Å². The molecule has 0 aromatic carbocycles. The quantitative estimate of drug-likeness (QED) is 0.0899. The van der Waals surface area contributed by atoms with Gasteiger partial charge in [0.15, 0.2) is 0 Å². The number of fused-ring (bicyclic) bond motifs is 2. The van der Waals surface area contributed by atoms with E-state index in [2.05, 4.69) is 76.3 Å². The highest BCUT2D eigenvalue weighted by molar-refractivity contribution is 5.32. The van der Waals surface area contributed by atoms with Crippen molar-refractivity contribution in [3.05, 3.63) is 94.2 Å². The average molecular weight is 889 g/mol. The van der Waals surface area contributed by atoms with Crippen LogP contribution in [0.15, 0.2) is 94.2 Å². The third-order valence-electron chi connectivity index (χ3n) is 16.5. The van der Waals surface area contributed by atoms with E-state index in [-0.39, 0.29) is 13.2 Å². The molecule has 8 heteroatoms. The predicted molar refractivity (Wildman–Crippen MR) is 260 cm³/mol. The maximum absolute atomic E-state index is 10.4. The van der Waals surface area contributed by atoms with Gasteiger partial charge >= 0.3 is 0 Å². The summed E-state index contributed by atoms with van der Waals surface area (Å²) in [6.45, 7) is 16.8. The first-order valence-electron chi connectivity index (χ1n) is 25.0. The summed E-state index contributed by atoms with van der Waals surface area (Å²) in [6.07, 6.45) is 33.7. The number of rotatable bonds is 12. The minimum absolute atomic E-state index is 0.153. The number of aliphatic hydroxyl groups excluding tert-OH is 6. The topological polar surface area (TPSA) is 162 Å². The second-order valence-electron chi connectivity index (χ2n) is 22.6. The van der Waals surface area contributed by atoms with Gasteiger partial charge < -0.3 is 40.9 Å². The van der Waals surface area contributed by atoms with E-state index in [9.17, 15) is 30.6 Å². The summed E-state index contributed by atoms with van der Waals surface area (Å²) in [4.78, 5) is 0. The zero-order valence-corrected chi connectivity index (χ0v) is 40.9. The molecular formula is C56H88O8. The molecule has 0 heterocycles. The zero-order chi connectivity index (χ0) is 47.0. The van der Waals surface area contributed by atoms with Crippen molar-refractivity contribution in [1.29, 1.82) is 0 Å². The van der Waals surface area contributed by atoms with Crippen molar-refractivity contribution in [2.24, 2.45) is 46.3 Å². The van der Waals surface area contributed by atoms with Crippen molar-refractivity contribution < 1.29 is 40.9 Å². The molecule has 0 amide bonds. The van der Waals surface area contributed by atoms with Gasteiger partial charge in [-0.15, -0.1) is 0 Å². The molecule has 8 N–H and O–H groups in total. The number of hydrogen-bond donors (Lipinski definition) is 8. The van der Waals surface area contributed by atoms with E-state index in [1.807, 2.05) is 27.7 Å². The Bertz CT molecular complexity index is 1640. The lowest BCUT2D eigenvalue weighted by atomic mass is 9.61. The van der Waals surface area contributed by atoms with E-state index in [0.29, 0.717) is 96.0 Å². The molecule has 0 saturated heterocycles. The molecule has 12 atom stereocenters. The fourth-order valence-corrected chi connectivity index (χ4v) is 13.2. The van der Waals surface area contributed by atoms with Crippen LogP contribution in [-0.4, -0.2) is 89.7 Å². The maximum atomic E-state index is 10.4. The van der Waals surface area contributed by atoms with Crippen LogP contribution >= 0.6 is 0 Å². The predicted octanol–water partition coefficient (Wildman–Crippen LogP) is 9.69. The summed E-state index contributed by atoms with van der Waals surface area (Å²) >= 11 is 0. The van der Waals surface area contributed by atoms with Gasteiger partial charge in [0.05, 0.1) is 48.8 Å². The Morgan fingerprint density at radius 3 is 1.22 bits per heavy atom. The summed E-state index contributed by atoms with van der Waals surface area (Å²) in [5.74, 6) is 3.53. The fraction of sp³-hybridized carbons (Fsp3) is 0.714. The SMILES string of the molecule is C[C@H](/C=C/CC(C)(C)O)C1CCC2/C(=C/C=C3C[C@@H](O)C(=CCO)[C@H](O)C3)CCCC21C.C[C@H](/C=C/CC(C)(C)O)C1CCC2/C(=C/C=C3C[C@@H](O)C(=CCO)[C@H](O)C3)CCCC21C. The van der Waals surface area contributed by atoms with E-state index >= 15 is 0 Å². The highest BCUT2D eigenvalue weighted by atomic mass is 16.3. The van der Waals surface area contributed by atoms with Crippen LogP contribution in [0.1, 0.15) is 158 Å². The van der Waals surface area contributed by atoms with Crippen molar-refractivity contribution in [3.63, 3.8) is 0 Å². The van der Waals surface area contributed by atoms with Gasteiger partial charge in [0.25, 0.3) is 0 Å². The first-order chi connectivity index (χ1) is 30.1. The molecule has 0 aromatic rings. The molecule has 6 aliphatic rings. The Morgan fingerprint density at radius 1 is 0.562 bits per heavy atom. The lowest BCUT2D eigenvalue weighted by molar-refractivity contribution is 0.0825. The highest BCUT2D eigenvalue weighted by Crippen LogP contribution is 2.61. The van der Waals surface area contributed by atoms with Crippen LogP contribution in [0.25, 0.3) is 0 Å². The zero-order valence-electron chi connectivity index (χ0n) is 40.9. The molecular weight excluding hydrogens is 801 g/mol. The van der Waals surface area contributed by atoms with Crippen LogP contribution in [-0.2, 0) is 0 Å². The first kappa shape index (κ1) is 52.6. The Morgan fingerprint density at radius 2 is 0.906 bits per heavy atom. The van der Waals surface area contributed by atoms with E-state index in [0.717, 1.165) is 24.0 Å². The van der Waals surface area contributed by atoms with Gasteiger partial charge in [0.1, 0.15) is 0 Å². The molecule has 6 aliphatic carbocycles. The molecule has 0 aromatic heterocycles. The Hall–Kier alpha value is -2.40. The maximum Gasteiger partial charge on any atom is 0.0813 e. The van der Waals surface area contributed by atoms with Crippen molar-refractivity contribution in [2.75, 3.05) is 13.2 Å². The normalized spacial score (nSPS) is 35.9. The minimum atomic E-state index is -0.709. The molecule has 64 heavy (non-hydrogen) atoms. The van der Waals surface area contributed by atoms with Gasteiger partial charge in [0.2, 0.25) is 0 Å². The fourth-order valence-electron chi connectivity index (χ4n) is 13.2. The first-order valence-corrected chi connectivity index (χ1v) is 25.0. The second-order valence-corrected chi connectivity index (χ2v) is 22.6. The highest BCUT2D eigenvalue weighted by Gasteiger charge is 2.51. The van der Waals surface area contributed by atoms with Gasteiger partial charge in [0, 0.05) is 0 Å². The summed E-state index contributed by atoms with van der Waals surface area (Å²) < 4.78 is 0. The molecule has 6 rings (SSSR count). The van der Waals surface area contributed by atoms with Gasteiger partial charge in [-0.05, 0) is 188 Å². The molecule has 6 saturated carbocycles. The third-order valence-corrected chi connectivity index (χ3v) is 16.5. The van der Waals surface area contributed by atoms with Crippen molar-refractivity contribution >= 4 is 0 Å². The average Bonchev–Trinajstić information content (AvgIpc) is 3.75. The lowest BCUT2D eigenvalue weighted by Crippen LogP contribution is -2.35. The summed E-state index contributed by atoms with van der Waals surface area (Å²) in [5.41, 5.74) is 5.63. The van der Waals surface area contributed by atoms with E-state index in [1.165, 1.54) is 74.7 Å². The molecule has 360 valence electrons. The molecule has 0 radical (unpaired) electrons. The van der Waals surface area contributed by atoms with Crippen molar-refractivity contribution in [2.45, 2.75) is 194 Å². The van der Waals surface area contributed by atoms with Crippen LogP contribution in [0, 0.1) is 46.3 Å². The van der Waals surface area contributed by atoms with E-state index < -0.39 is 35.6 Å². The van der Waals surface area contributed by atoms with Crippen LogP contribution in [0.4, 0.5) is 0 Å². The number of hydrogen-bond acceptors (Lipinski definition) is 8. The summed E-state index contributed by atoms with van der Waals surface area (Å²) in [6, 6.07) is 0. The van der Waals surface area contributed by atoms with Gasteiger partial charge in [-0.2, -0.15) is 0 Å². The number of aliphatic hydroxyl groups is 8. The molecule has 0 spiro atoms. The van der Waals surface area contributed by atoms with Crippen molar-refractivity contribution in [1.82, 2.24) is 0 Å². The molecule has 0 bridgehead atoms. The molecule has 6 fully saturated rings. The molecule has 8 nitrogen and oxygen atoms in total. The van der Waals surface area contributed by atoms with Gasteiger partial charge in [-0.25, -0.2) is 0 Å². The Kier molecular flexibility index (Phi) is 18.6. The Labute approximate surface area is 387 Å². The number of allylic oxidation sites excluding steroid dienone is 8. The van der Waals surface area contributed by atoms with Crippen LogP contribution < -0.4 is 0 Å². The van der Waals surface area contributed by atoms with Crippen LogP contribution in [0.2, 0.25) is 0 Å². The summed E-state index contributed by atoms with van der Waals surface area (Å²) in [5, 5.41) is 79.7. The monoisotopic (exact) mass is 889 g/mol. The van der Waals surface area contributed by atoms with E-state index in [4.69, 9.17) is 10.2 Å². The Balaban J connectivity index is 0.000000241. The standard InChI is InChI=1S/2C28H44O4/c2*1-19(7-5-14-27(2,3)32)23-11-12-24-21(8-6-15-28(23,24)4)10-9-20-17-25(30)22(13-16-29)26(31)18-20/h2*5,7,9-10,13,19,23-26,29-32H,6,8,11-12,14-18H2,1-4H3/b2*7-5+,20-9?,21-10+,22-13?/t2*19-,23?,24?,25-,26-,28?/m11/s1.